The monoisotopic (exact) mass is 205 g/mol. The summed E-state index contributed by atoms with van der Waals surface area (Å²) in [5.41, 5.74) is 0. The van der Waals surface area contributed by atoms with Crippen molar-refractivity contribution in [2.45, 2.75) is 36.6 Å². The first kappa shape index (κ1) is 10.3. The molecule has 0 aromatic carbocycles. The molecule has 6 heteroatoms. The minimum Gasteiger partial charge on any atom is -0.389 e. The number of fused-ring (bicyclic) bond motifs is 1. The highest BCUT2D eigenvalue weighted by Crippen LogP contribution is 2.28. The molecular formula is C8H15NO5. The lowest BCUT2D eigenvalue weighted by molar-refractivity contribution is -0.142. The lowest BCUT2D eigenvalue weighted by Crippen LogP contribution is -2.61. The molecule has 2 fully saturated rings. The quantitative estimate of drug-likeness (QED) is 0.281. The maximum absolute atomic E-state index is 9.58. The second-order valence-corrected chi connectivity index (χ2v) is 4.05. The zero-order valence-electron chi connectivity index (χ0n) is 7.56. The fraction of sp³-hybridized carbons (Fsp3) is 1.00. The van der Waals surface area contributed by atoms with Crippen molar-refractivity contribution in [3.63, 3.8) is 0 Å². The Balaban J connectivity index is 2.18. The zero-order valence-corrected chi connectivity index (χ0v) is 7.56. The molecule has 14 heavy (non-hydrogen) atoms. The third kappa shape index (κ3) is 1.35. The van der Waals surface area contributed by atoms with Gasteiger partial charge in [-0.15, -0.1) is 0 Å². The first-order chi connectivity index (χ1) is 6.52. The Morgan fingerprint density at radius 2 is 1.21 bits per heavy atom. The number of rotatable bonds is 0. The summed E-state index contributed by atoms with van der Waals surface area (Å²) < 4.78 is 0. The molecule has 0 aromatic rings. The SMILES string of the molecule is O[C@H]1[C@H](O)[C@H](O)CN2C[C@H](O)[C@@H](O)[C@H]12. The fourth-order valence-corrected chi connectivity index (χ4v) is 2.31. The van der Waals surface area contributed by atoms with E-state index in [-0.39, 0.29) is 13.1 Å². The molecule has 2 heterocycles. The van der Waals surface area contributed by atoms with E-state index >= 15 is 0 Å². The summed E-state index contributed by atoms with van der Waals surface area (Å²) in [5.74, 6) is 0. The van der Waals surface area contributed by atoms with Crippen LogP contribution in [0, 0.1) is 0 Å². The largest absolute Gasteiger partial charge is 0.389 e. The maximum atomic E-state index is 9.58. The lowest BCUT2D eigenvalue weighted by atomic mass is 9.93. The predicted octanol–water partition coefficient (Wildman–Crippen LogP) is -3.51. The Morgan fingerprint density at radius 3 is 1.79 bits per heavy atom. The minimum absolute atomic E-state index is 0.164. The summed E-state index contributed by atoms with van der Waals surface area (Å²) in [6.45, 7) is 0.379. The van der Waals surface area contributed by atoms with E-state index in [0.717, 1.165) is 0 Å². The molecule has 0 spiro atoms. The molecule has 0 aromatic heterocycles. The molecule has 0 saturated carbocycles. The summed E-state index contributed by atoms with van der Waals surface area (Å²) in [5, 5.41) is 47.2. The highest BCUT2D eigenvalue weighted by atomic mass is 16.4. The van der Waals surface area contributed by atoms with Crippen LogP contribution in [0.5, 0.6) is 0 Å². The van der Waals surface area contributed by atoms with E-state index in [0.29, 0.717) is 0 Å². The molecule has 5 N–H and O–H groups in total. The Kier molecular flexibility index (Phi) is 2.50. The van der Waals surface area contributed by atoms with Crippen molar-refractivity contribution >= 4 is 0 Å². The van der Waals surface area contributed by atoms with Gasteiger partial charge in [-0.1, -0.05) is 0 Å². The van der Waals surface area contributed by atoms with Gasteiger partial charge in [0.25, 0.3) is 0 Å². The maximum Gasteiger partial charge on any atom is 0.109 e. The van der Waals surface area contributed by atoms with E-state index in [1.54, 1.807) is 4.90 Å². The van der Waals surface area contributed by atoms with Gasteiger partial charge in [-0.3, -0.25) is 4.90 Å². The summed E-state index contributed by atoms with van der Waals surface area (Å²) in [6, 6.07) is -0.677. The number of aliphatic hydroxyl groups is 5. The van der Waals surface area contributed by atoms with Crippen LogP contribution in [-0.4, -0.2) is 80.1 Å². The molecule has 6 atom stereocenters. The van der Waals surface area contributed by atoms with Crippen molar-refractivity contribution in [2.75, 3.05) is 13.1 Å². The van der Waals surface area contributed by atoms with Gasteiger partial charge in [0.2, 0.25) is 0 Å². The second-order valence-electron chi connectivity index (χ2n) is 4.05. The Morgan fingerprint density at radius 1 is 0.714 bits per heavy atom. The molecule has 0 unspecified atom stereocenters. The third-order valence-corrected chi connectivity index (χ3v) is 3.10. The van der Waals surface area contributed by atoms with Crippen LogP contribution in [0.1, 0.15) is 0 Å². The van der Waals surface area contributed by atoms with Crippen LogP contribution < -0.4 is 0 Å². The molecule has 6 nitrogen and oxygen atoms in total. The van der Waals surface area contributed by atoms with Gasteiger partial charge in [0.15, 0.2) is 0 Å². The smallest absolute Gasteiger partial charge is 0.109 e. The minimum atomic E-state index is -1.25. The van der Waals surface area contributed by atoms with Crippen LogP contribution in [0.4, 0.5) is 0 Å². The van der Waals surface area contributed by atoms with Crippen LogP contribution >= 0.6 is 0 Å². The Hall–Kier alpha value is -0.240. The lowest BCUT2D eigenvalue weighted by Gasteiger charge is -2.40. The summed E-state index contributed by atoms with van der Waals surface area (Å²) in [4.78, 5) is 1.59. The van der Waals surface area contributed by atoms with Crippen LogP contribution in [0.2, 0.25) is 0 Å². The molecular weight excluding hydrogens is 190 g/mol. The van der Waals surface area contributed by atoms with E-state index in [1.165, 1.54) is 0 Å². The fourth-order valence-electron chi connectivity index (χ4n) is 2.31. The average Bonchev–Trinajstić information content (AvgIpc) is 2.39. The van der Waals surface area contributed by atoms with E-state index in [1.807, 2.05) is 0 Å². The van der Waals surface area contributed by atoms with E-state index < -0.39 is 36.6 Å². The van der Waals surface area contributed by atoms with Gasteiger partial charge in [0.05, 0.1) is 24.4 Å². The first-order valence-electron chi connectivity index (χ1n) is 4.66. The summed E-state index contributed by atoms with van der Waals surface area (Å²) in [7, 11) is 0. The molecule has 0 bridgehead atoms. The van der Waals surface area contributed by atoms with Crippen molar-refractivity contribution in [1.82, 2.24) is 4.90 Å². The van der Waals surface area contributed by atoms with E-state index in [2.05, 4.69) is 0 Å². The Labute approximate surface area is 81.0 Å². The van der Waals surface area contributed by atoms with Crippen LogP contribution in [0.3, 0.4) is 0 Å². The summed E-state index contributed by atoms with van der Waals surface area (Å²) in [6.07, 6.45) is -5.49. The second kappa shape index (κ2) is 3.41. The first-order valence-corrected chi connectivity index (χ1v) is 4.66. The molecule has 0 radical (unpaired) electrons. The van der Waals surface area contributed by atoms with Gasteiger partial charge in [-0.2, -0.15) is 0 Å². The molecule has 2 rings (SSSR count). The molecule has 0 amide bonds. The zero-order chi connectivity index (χ0) is 10.5. The number of aliphatic hydroxyl groups excluding tert-OH is 5. The van der Waals surface area contributed by atoms with Gasteiger partial charge in [-0.25, -0.2) is 0 Å². The van der Waals surface area contributed by atoms with Gasteiger partial charge >= 0.3 is 0 Å². The van der Waals surface area contributed by atoms with Gasteiger partial charge in [0.1, 0.15) is 12.2 Å². The van der Waals surface area contributed by atoms with Crippen molar-refractivity contribution in [2.24, 2.45) is 0 Å². The molecule has 0 aliphatic carbocycles. The number of hydrogen-bond acceptors (Lipinski definition) is 6. The van der Waals surface area contributed by atoms with Gasteiger partial charge in [-0.05, 0) is 0 Å². The van der Waals surface area contributed by atoms with Crippen molar-refractivity contribution in [3.05, 3.63) is 0 Å². The van der Waals surface area contributed by atoms with Crippen LogP contribution in [0.15, 0.2) is 0 Å². The molecule has 2 saturated heterocycles. The van der Waals surface area contributed by atoms with Gasteiger partial charge in [0, 0.05) is 13.1 Å². The van der Waals surface area contributed by atoms with Crippen molar-refractivity contribution in [3.8, 4) is 0 Å². The number of hydrogen-bond donors (Lipinski definition) is 5. The Bertz CT molecular complexity index is 224. The normalized spacial score (nSPS) is 54.6. The molecule has 2 aliphatic heterocycles. The predicted molar refractivity (Wildman–Crippen MR) is 45.4 cm³/mol. The standard InChI is InChI=1S/C8H15NO5/c10-3-1-9-2-4(11)7(13)8(14)5(9)6(3)12/h3-8,10-14H,1-2H2/t3-,4+,5+,6+,7+,8+/m0/s1. The molecule has 82 valence electrons. The number of nitrogens with zero attached hydrogens (tertiary/aromatic N) is 1. The topological polar surface area (TPSA) is 104 Å². The van der Waals surface area contributed by atoms with Crippen LogP contribution in [-0.2, 0) is 0 Å². The average molecular weight is 205 g/mol. The van der Waals surface area contributed by atoms with Crippen molar-refractivity contribution < 1.29 is 25.5 Å². The molecule has 2 aliphatic rings. The van der Waals surface area contributed by atoms with Crippen LogP contribution in [0.25, 0.3) is 0 Å². The van der Waals surface area contributed by atoms with E-state index in [4.69, 9.17) is 0 Å². The van der Waals surface area contributed by atoms with E-state index in [9.17, 15) is 25.5 Å². The summed E-state index contributed by atoms with van der Waals surface area (Å²) >= 11 is 0. The third-order valence-electron chi connectivity index (χ3n) is 3.10. The van der Waals surface area contributed by atoms with Gasteiger partial charge < -0.3 is 25.5 Å². The highest BCUT2D eigenvalue weighted by molar-refractivity contribution is 5.04. The number of piperidine rings is 1. The highest BCUT2D eigenvalue weighted by Gasteiger charge is 2.51. The van der Waals surface area contributed by atoms with Crippen molar-refractivity contribution in [1.29, 1.82) is 0 Å².